The Hall–Kier alpha value is 0.945. The maximum atomic E-state index is 10.2. The molecule has 4 heteroatoms. The number of rotatable bonds is 2. The number of carboxylic acids is 1. The number of carboxylic acid groups (broad SMARTS) is 1. The summed E-state index contributed by atoms with van der Waals surface area (Å²) in [7, 11) is 0. The first kappa shape index (κ1) is 12.6. The second kappa shape index (κ2) is 5.71. The summed E-state index contributed by atoms with van der Waals surface area (Å²) in [6.45, 7) is 2.53. The SMILES string of the molecule is CC(=O)C(C)C(=O)[O-].[Rb+]. The average molecular weight is 201 g/mol. The number of ketones is 1. The van der Waals surface area contributed by atoms with Gasteiger partial charge in [0.05, 0.1) is 11.9 Å². The molecular formula is C5H7O3Rb. The summed E-state index contributed by atoms with van der Waals surface area (Å²) in [5.41, 5.74) is 0. The molecule has 0 amide bonds. The van der Waals surface area contributed by atoms with E-state index in [-0.39, 0.29) is 64.0 Å². The maximum Gasteiger partial charge on any atom is 1.00 e. The van der Waals surface area contributed by atoms with Crippen molar-refractivity contribution in [2.75, 3.05) is 0 Å². The minimum atomic E-state index is -1.31. The van der Waals surface area contributed by atoms with Crippen LogP contribution in [0.25, 0.3) is 0 Å². The monoisotopic (exact) mass is 200 g/mol. The minimum Gasteiger partial charge on any atom is -0.549 e. The quantitative estimate of drug-likeness (QED) is 0.427. The molecule has 0 aliphatic rings. The largest absolute Gasteiger partial charge is 1.00 e. The normalized spacial score (nSPS) is 11.3. The molecule has 0 saturated carbocycles. The zero-order valence-corrected chi connectivity index (χ0v) is 10.7. The molecule has 0 aliphatic heterocycles. The van der Waals surface area contributed by atoms with E-state index in [9.17, 15) is 14.7 Å². The summed E-state index contributed by atoms with van der Waals surface area (Å²) in [5, 5.41) is 9.81. The number of carbonyl (C=O) groups excluding carboxylic acids is 2. The van der Waals surface area contributed by atoms with Crippen molar-refractivity contribution in [1.29, 1.82) is 0 Å². The molecule has 0 aliphatic carbocycles. The van der Waals surface area contributed by atoms with Crippen molar-refractivity contribution in [2.45, 2.75) is 13.8 Å². The standard InChI is InChI=1S/C5H8O3.Rb/c1-3(4(2)6)5(7)8;/h3H,1-2H3,(H,7,8);/q;+1/p-1. The third-order valence-electron chi connectivity index (χ3n) is 0.963. The molecule has 46 valence electrons. The van der Waals surface area contributed by atoms with Crippen LogP contribution in [-0.4, -0.2) is 11.8 Å². The summed E-state index contributed by atoms with van der Waals surface area (Å²) in [4.78, 5) is 20.0. The molecule has 0 fully saturated rings. The van der Waals surface area contributed by atoms with Crippen molar-refractivity contribution in [1.82, 2.24) is 0 Å². The fourth-order valence-corrected chi connectivity index (χ4v) is 0.166. The van der Waals surface area contributed by atoms with Gasteiger partial charge in [0, 0.05) is 0 Å². The van der Waals surface area contributed by atoms with Gasteiger partial charge in [-0.3, -0.25) is 4.79 Å². The van der Waals surface area contributed by atoms with Crippen LogP contribution in [0.3, 0.4) is 0 Å². The third kappa shape index (κ3) is 5.39. The van der Waals surface area contributed by atoms with E-state index in [1.54, 1.807) is 0 Å². The Labute approximate surface area is 103 Å². The van der Waals surface area contributed by atoms with Gasteiger partial charge < -0.3 is 9.90 Å². The Kier molecular flexibility index (Phi) is 8.00. The van der Waals surface area contributed by atoms with Gasteiger partial charge in [0.1, 0.15) is 5.78 Å². The fraction of sp³-hybridized carbons (Fsp3) is 0.600. The van der Waals surface area contributed by atoms with E-state index in [0.717, 1.165) is 0 Å². The smallest absolute Gasteiger partial charge is 0.549 e. The Morgan fingerprint density at radius 3 is 1.78 bits per heavy atom. The van der Waals surface area contributed by atoms with Gasteiger partial charge in [-0.1, -0.05) is 6.92 Å². The second-order valence-electron chi connectivity index (χ2n) is 1.65. The molecule has 0 bridgehead atoms. The van der Waals surface area contributed by atoms with Gasteiger partial charge >= 0.3 is 58.2 Å². The van der Waals surface area contributed by atoms with Crippen LogP contribution in [0.15, 0.2) is 0 Å². The van der Waals surface area contributed by atoms with Gasteiger partial charge in [-0.15, -0.1) is 0 Å². The van der Waals surface area contributed by atoms with Crippen LogP contribution in [0.4, 0.5) is 0 Å². The Morgan fingerprint density at radius 2 is 1.78 bits per heavy atom. The summed E-state index contributed by atoms with van der Waals surface area (Å²) in [6.07, 6.45) is 0. The minimum absolute atomic E-state index is 0. The van der Waals surface area contributed by atoms with Crippen LogP contribution in [0, 0.1) is 5.92 Å². The molecule has 0 rings (SSSR count). The molecule has 0 aromatic heterocycles. The van der Waals surface area contributed by atoms with Crippen LogP contribution in [0.2, 0.25) is 0 Å². The summed E-state index contributed by atoms with van der Waals surface area (Å²) >= 11 is 0. The molecule has 1 atom stereocenters. The van der Waals surface area contributed by atoms with Crippen molar-refractivity contribution >= 4 is 11.8 Å². The van der Waals surface area contributed by atoms with Crippen LogP contribution in [0.5, 0.6) is 0 Å². The van der Waals surface area contributed by atoms with Crippen molar-refractivity contribution in [2.24, 2.45) is 5.92 Å². The van der Waals surface area contributed by atoms with Crippen LogP contribution in [0.1, 0.15) is 13.8 Å². The number of aliphatic carboxylic acids is 1. The van der Waals surface area contributed by atoms with Gasteiger partial charge in [0.25, 0.3) is 0 Å². The van der Waals surface area contributed by atoms with Crippen molar-refractivity contribution in [3.05, 3.63) is 0 Å². The second-order valence-corrected chi connectivity index (χ2v) is 1.65. The van der Waals surface area contributed by atoms with E-state index in [1.807, 2.05) is 0 Å². The summed E-state index contributed by atoms with van der Waals surface area (Å²) < 4.78 is 0. The molecule has 0 aromatic carbocycles. The molecule has 0 aromatic rings. The van der Waals surface area contributed by atoms with Gasteiger partial charge in [0.15, 0.2) is 0 Å². The topological polar surface area (TPSA) is 57.2 Å². The zero-order valence-electron chi connectivity index (χ0n) is 5.80. The predicted octanol–water partition coefficient (Wildman–Crippen LogP) is -4.03. The van der Waals surface area contributed by atoms with Crippen LogP contribution < -0.4 is 63.3 Å². The van der Waals surface area contributed by atoms with Crippen LogP contribution >= 0.6 is 0 Å². The molecule has 0 radical (unpaired) electrons. The van der Waals surface area contributed by atoms with E-state index >= 15 is 0 Å². The first-order chi connectivity index (χ1) is 3.55. The van der Waals surface area contributed by atoms with Crippen molar-refractivity contribution in [3.63, 3.8) is 0 Å². The number of hydrogen-bond donors (Lipinski definition) is 0. The first-order valence-electron chi connectivity index (χ1n) is 2.27. The molecule has 0 spiro atoms. The summed E-state index contributed by atoms with van der Waals surface area (Å²) in [6, 6.07) is 0. The molecular weight excluding hydrogens is 194 g/mol. The molecule has 9 heavy (non-hydrogen) atoms. The van der Waals surface area contributed by atoms with E-state index < -0.39 is 11.9 Å². The van der Waals surface area contributed by atoms with E-state index in [1.165, 1.54) is 13.8 Å². The van der Waals surface area contributed by atoms with E-state index in [0.29, 0.717) is 0 Å². The Morgan fingerprint density at radius 1 is 1.44 bits per heavy atom. The zero-order chi connectivity index (χ0) is 6.73. The van der Waals surface area contributed by atoms with Gasteiger partial charge in [0.2, 0.25) is 0 Å². The maximum absolute atomic E-state index is 10.2. The molecule has 0 N–H and O–H groups in total. The Balaban J connectivity index is 0. The molecule has 0 heterocycles. The van der Waals surface area contributed by atoms with Gasteiger partial charge in [-0.05, 0) is 6.92 Å². The Bertz CT molecular complexity index is 107. The van der Waals surface area contributed by atoms with E-state index in [4.69, 9.17) is 0 Å². The van der Waals surface area contributed by atoms with Gasteiger partial charge in [-0.25, -0.2) is 0 Å². The van der Waals surface area contributed by atoms with Crippen molar-refractivity contribution in [3.8, 4) is 0 Å². The van der Waals surface area contributed by atoms with Gasteiger partial charge in [-0.2, -0.15) is 0 Å². The molecule has 3 nitrogen and oxygen atoms in total. The fourth-order valence-electron chi connectivity index (χ4n) is 0.166. The van der Waals surface area contributed by atoms with E-state index in [2.05, 4.69) is 0 Å². The third-order valence-corrected chi connectivity index (χ3v) is 0.963. The predicted molar refractivity (Wildman–Crippen MR) is 24.9 cm³/mol. The first-order valence-corrected chi connectivity index (χ1v) is 2.27. The summed E-state index contributed by atoms with van der Waals surface area (Å²) in [5.74, 6) is -2.64. The van der Waals surface area contributed by atoms with Crippen molar-refractivity contribution < 1.29 is 72.9 Å². The number of Topliss-reactive ketones (excluding diaryl/α,β-unsaturated/α-hetero) is 1. The number of carbonyl (C=O) groups is 2. The molecule has 1 unspecified atom stereocenters. The molecule has 0 saturated heterocycles. The average Bonchev–Trinajstić information content (AvgIpc) is 1.64. The van der Waals surface area contributed by atoms with Crippen LogP contribution in [-0.2, 0) is 9.59 Å². The number of hydrogen-bond acceptors (Lipinski definition) is 3.